The zero-order chi connectivity index (χ0) is 16.8. The molecule has 0 saturated carbocycles. The molecule has 23 heavy (non-hydrogen) atoms. The standard InChI is InChI=1S/C14H22N6O2S/c1-5-20-7-11(10(2)18-20)6-19(3)8-12(21)15-14-17-16-13(23-14)9-22-4/h7H,5-6,8-9H2,1-4H3,(H,15,17,21). The van der Waals surface area contributed by atoms with E-state index in [1.54, 1.807) is 7.11 Å². The lowest BCUT2D eigenvalue weighted by Crippen LogP contribution is -2.29. The Balaban J connectivity index is 1.84. The maximum Gasteiger partial charge on any atom is 0.240 e. The van der Waals surface area contributed by atoms with E-state index >= 15 is 0 Å². The first-order valence-electron chi connectivity index (χ1n) is 7.34. The first-order valence-corrected chi connectivity index (χ1v) is 8.16. The molecule has 0 aliphatic heterocycles. The van der Waals surface area contributed by atoms with Gasteiger partial charge in [0.1, 0.15) is 11.6 Å². The third kappa shape index (κ3) is 5.08. The molecule has 0 aliphatic rings. The molecule has 1 N–H and O–H groups in total. The Hall–Kier alpha value is -1.84. The number of ether oxygens (including phenoxy) is 1. The Labute approximate surface area is 139 Å². The van der Waals surface area contributed by atoms with Gasteiger partial charge in [-0.2, -0.15) is 5.10 Å². The molecule has 2 rings (SSSR count). The van der Waals surface area contributed by atoms with Gasteiger partial charge in [-0.1, -0.05) is 11.3 Å². The first kappa shape index (κ1) is 17.5. The third-order valence-electron chi connectivity index (χ3n) is 3.21. The van der Waals surface area contributed by atoms with E-state index < -0.39 is 0 Å². The molecule has 0 aromatic carbocycles. The summed E-state index contributed by atoms with van der Waals surface area (Å²) in [6.45, 7) is 6.21. The van der Waals surface area contributed by atoms with E-state index in [4.69, 9.17) is 4.74 Å². The lowest BCUT2D eigenvalue weighted by Gasteiger charge is -2.14. The van der Waals surface area contributed by atoms with Gasteiger partial charge in [-0.25, -0.2) is 0 Å². The van der Waals surface area contributed by atoms with Crippen molar-refractivity contribution in [2.75, 3.05) is 26.0 Å². The second-order valence-corrected chi connectivity index (χ2v) is 6.31. The number of aryl methyl sites for hydroxylation is 2. The molecule has 1 amide bonds. The van der Waals surface area contributed by atoms with Gasteiger partial charge in [0.25, 0.3) is 0 Å². The summed E-state index contributed by atoms with van der Waals surface area (Å²) >= 11 is 1.31. The fourth-order valence-electron chi connectivity index (χ4n) is 2.11. The Morgan fingerprint density at radius 1 is 1.48 bits per heavy atom. The predicted octanol–water partition coefficient (Wildman–Crippen LogP) is 1.28. The molecule has 2 heterocycles. The summed E-state index contributed by atoms with van der Waals surface area (Å²) < 4.78 is 6.88. The van der Waals surface area contributed by atoms with Gasteiger partial charge < -0.3 is 4.74 Å². The zero-order valence-corrected chi connectivity index (χ0v) is 14.7. The number of nitrogens with one attached hydrogen (secondary N) is 1. The van der Waals surface area contributed by atoms with Crippen LogP contribution < -0.4 is 5.32 Å². The molecule has 0 bridgehead atoms. The number of nitrogens with zero attached hydrogens (tertiary/aromatic N) is 5. The molecular formula is C14H22N6O2S. The van der Waals surface area contributed by atoms with Gasteiger partial charge in [-0.05, 0) is 20.9 Å². The number of rotatable bonds is 8. The van der Waals surface area contributed by atoms with Crippen LogP contribution in [0, 0.1) is 6.92 Å². The van der Waals surface area contributed by atoms with Crippen molar-refractivity contribution in [1.29, 1.82) is 0 Å². The maximum atomic E-state index is 12.1. The van der Waals surface area contributed by atoms with Crippen LogP contribution in [-0.4, -0.2) is 51.5 Å². The van der Waals surface area contributed by atoms with E-state index in [0.717, 1.165) is 22.8 Å². The lowest BCUT2D eigenvalue weighted by atomic mass is 10.2. The quantitative estimate of drug-likeness (QED) is 0.780. The number of hydrogen-bond acceptors (Lipinski definition) is 7. The molecule has 0 fully saturated rings. The van der Waals surface area contributed by atoms with Crippen molar-refractivity contribution in [2.45, 2.75) is 33.5 Å². The minimum Gasteiger partial charge on any atom is -0.377 e. The number of methoxy groups -OCH3 is 1. The van der Waals surface area contributed by atoms with Crippen molar-refractivity contribution in [3.05, 3.63) is 22.5 Å². The highest BCUT2D eigenvalue weighted by atomic mass is 32.1. The van der Waals surface area contributed by atoms with Crippen LogP contribution >= 0.6 is 11.3 Å². The van der Waals surface area contributed by atoms with E-state index in [0.29, 0.717) is 18.3 Å². The van der Waals surface area contributed by atoms with E-state index in [9.17, 15) is 4.79 Å². The van der Waals surface area contributed by atoms with Crippen molar-refractivity contribution in [2.24, 2.45) is 0 Å². The van der Waals surface area contributed by atoms with E-state index in [-0.39, 0.29) is 12.5 Å². The largest absolute Gasteiger partial charge is 0.377 e. The Kier molecular flexibility index (Phi) is 6.20. The average molecular weight is 338 g/mol. The van der Waals surface area contributed by atoms with Crippen molar-refractivity contribution < 1.29 is 9.53 Å². The van der Waals surface area contributed by atoms with Crippen molar-refractivity contribution in [3.63, 3.8) is 0 Å². The van der Waals surface area contributed by atoms with E-state index in [2.05, 4.69) is 20.6 Å². The highest BCUT2D eigenvalue weighted by Crippen LogP contribution is 2.15. The fraction of sp³-hybridized carbons (Fsp3) is 0.571. The van der Waals surface area contributed by atoms with Crippen LogP contribution in [0.15, 0.2) is 6.20 Å². The summed E-state index contributed by atoms with van der Waals surface area (Å²) in [4.78, 5) is 14.0. The number of carbonyl (C=O) groups is 1. The molecule has 0 aliphatic carbocycles. The fourth-order valence-corrected chi connectivity index (χ4v) is 2.84. The molecular weight excluding hydrogens is 316 g/mol. The van der Waals surface area contributed by atoms with Gasteiger partial charge in [0, 0.05) is 32.0 Å². The summed E-state index contributed by atoms with van der Waals surface area (Å²) in [6, 6.07) is 0. The Morgan fingerprint density at radius 2 is 2.26 bits per heavy atom. The topological polar surface area (TPSA) is 85.2 Å². The third-order valence-corrected chi connectivity index (χ3v) is 4.02. The smallest absolute Gasteiger partial charge is 0.240 e. The number of carbonyl (C=O) groups excluding carboxylic acids is 1. The summed E-state index contributed by atoms with van der Waals surface area (Å²) in [6.07, 6.45) is 2.02. The molecule has 2 aromatic heterocycles. The minimum absolute atomic E-state index is 0.117. The van der Waals surface area contributed by atoms with Gasteiger partial charge in [0.2, 0.25) is 11.0 Å². The summed E-state index contributed by atoms with van der Waals surface area (Å²) in [5, 5.41) is 16.2. The summed E-state index contributed by atoms with van der Waals surface area (Å²) in [5.74, 6) is -0.117. The molecule has 8 nitrogen and oxygen atoms in total. The van der Waals surface area contributed by atoms with Gasteiger partial charge in [-0.3, -0.25) is 19.7 Å². The molecule has 0 atom stereocenters. The number of hydrogen-bond donors (Lipinski definition) is 1. The molecule has 0 radical (unpaired) electrons. The highest BCUT2D eigenvalue weighted by Gasteiger charge is 2.13. The molecule has 126 valence electrons. The summed E-state index contributed by atoms with van der Waals surface area (Å²) in [5.41, 5.74) is 2.12. The molecule has 0 spiro atoms. The number of amides is 1. The predicted molar refractivity (Wildman–Crippen MR) is 88.2 cm³/mol. The first-order chi connectivity index (χ1) is 11.0. The Morgan fingerprint density at radius 3 is 2.91 bits per heavy atom. The number of likely N-dealkylation sites (N-methyl/N-ethyl adjacent to an activating group) is 1. The lowest BCUT2D eigenvalue weighted by molar-refractivity contribution is -0.117. The molecule has 0 saturated heterocycles. The van der Waals surface area contributed by atoms with Gasteiger partial charge >= 0.3 is 0 Å². The molecule has 0 unspecified atom stereocenters. The van der Waals surface area contributed by atoms with Crippen LogP contribution in [0.4, 0.5) is 5.13 Å². The number of anilines is 1. The van der Waals surface area contributed by atoms with Crippen LogP contribution in [0.1, 0.15) is 23.2 Å². The second kappa shape index (κ2) is 8.14. The second-order valence-electron chi connectivity index (χ2n) is 5.25. The van der Waals surface area contributed by atoms with E-state index in [1.807, 2.05) is 36.7 Å². The van der Waals surface area contributed by atoms with Crippen molar-refractivity contribution in [3.8, 4) is 0 Å². The zero-order valence-electron chi connectivity index (χ0n) is 13.9. The van der Waals surface area contributed by atoms with Crippen LogP contribution in [0.2, 0.25) is 0 Å². The van der Waals surface area contributed by atoms with Crippen LogP contribution in [0.25, 0.3) is 0 Å². The van der Waals surface area contributed by atoms with Gasteiger partial charge in [0.15, 0.2) is 0 Å². The molecule has 2 aromatic rings. The van der Waals surface area contributed by atoms with Crippen molar-refractivity contribution >= 4 is 22.4 Å². The summed E-state index contributed by atoms with van der Waals surface area (Å²) in [7, 11) is 3.50. The van der Waals surface area contributed by atoms with Crippen molar-refractivity contribution in [1.82, 2.24) is 24.9 Å². The normalized spacial score (nSPS) is 11.2. The maximum absolute atomic E-state index is 12.1. The van der Waals surface area contributed by atoms with Crippen LogP contribution in [-0.2, 0) is 29.2 Å². The van der Waals surface area contributed by atoms with Gasteiger partial charge in [0.05, 0.1) is 12.2 Å². The van der Waals surface area contributed by atoms with Crippen LogP contribution in [0.5, 0.6) is 0 Å². The van der Waals surface area contributed by atoms with E-state index in [1.165, 1.54) is 11.3 Å². The number of aromatic nitrogens is 4. The monoisotopic (exact) mass is 338 g/mol. The van der Waals surface area contributed by atoms with Crippen LogP contribution in [0.3, 0.4) is 0 Å². The molecule has 9 heteroatoms. The highest BCUT2D eigenvalue weighted by molar-refractivity contribution is 7.15. The minimum atomic E-state index is -0.117. The SMILES string of the molecule is CCn1cc(CN(C)CC(=O)Nc2nnc(COC)s2)c(C)n1. The van der Waals surface area contributed by atoms with Gasteiger partial charge in [-0.15, -0.1) is 10.2 Å². The average Bonchev–Trinajstić information content (AvgIpc) is 3.06. The Bertz CT molecular complexity index is 653.